The Morgan fingerprint density at radius 2 is 2.11 bits per heavy atom. The predicted octanol–water partition coefficient (Wildman–Crippen LogP) is 1.60. The molecule has 0 fully saturated rings. The lowest BCUT2D eigenvalue weighted by Crippen LogP contribution is -2.25. The number of alkyl halides is 2. The molecule has 2 N–H and O–H groups in total. The van der Waals surface area contributed by atoms with Gasteiger partial charge in [-0.2, -0.15) is 8.78 Å². The first-order valence-electron chi connectivity index (χ1n) is 5.21. The van der Waals surface area contributed by atoms with Crippen LogP contribution in [0, 0.1) is 0 Å². The summed E-state index contributed by atoms with van der Waals surface area (Å²) in [7, 11) is -3.79. The quantitative estimate of drug-likeness (QED) is 0.749. The lowest BCUT2D eigenvalue weighted by molar-refractivity contribution is -0.0498. The zero-order chi connectivity index (χ0) is 14.5. The highest BCUT2D eigenvalue weighted by atomic mass is 35.5. The average Bonchev–Trinajstić information content (AvgIpc) is 2.31. The number of ether oxygens (including phenoxy) is 1. The van der Waals surface area contributed by atoms with Crippen LogP contribution >= 0.6 is 11.6 Å². The fourth-order valence-corrected chi connectivity index (χ4v) is 2.60. The SMILES string of the molecule is O=S(=O)(NCCCO)c1ccc(OC(F)F)c(Cl)c1. The molecule has 0 spiro atoms. The van der Waals surface area contributed by atoms with Crippen molar-refractivity contribution >= 4 is 21.6 Å². The van der Waals surface area contributed by atoms with E-state index in [0.717, 1.165) is 18.2 Å². The van der Waals surface area contributed by atoms with Gasteiger partial charge in [0.25, 0.3) is 0 Å². The maximum Gasteiger partial charge on any atom is 0.387 e. The van der Waals surface area contributed by atoms with E-state index in [-0.39, 0.29) is 35.2 Å². The minimum atomic E-state index is -3.79. The normalized spacial score (nSPS) is 11.8. The molecular weight excluding hydrogens is 304 g/mol. The Balaban J connectivity index is 2.87. The second-order valence-electron chi connectivity index (χ2n) is 3.45. The number of aliphatic hydroxyl groups is 1. The van der Waals surface area contributed by atoms with Crippen LogP contribution in [0.1, 0.15) is 6.42 Å². The standard InChI is InChI=1S/C10H12ClF2NO4S/c11-8-6-7(2-3-9(8)18-10(12)13)19(16,17)14-4-1-5-15/h2-3,6,10,14-15H,1,4-5H2. The van der Waals surface area contributed by atoms with E-state index in [0.29, 0.717) is 0 Å². The van der Waals surface area contributed by atoms with Gasteiger partial charge in [0.1, 0.15) is 5.75 Å². The highest BCUT2D eigenvalue weighted by Crippen LogP contribution is 2.28. The molecule has 0 aliphatic rings. The zero-order valence-electron chi connectivity index (χ0n) is 9.64. The molecule has 108 valence electrons. The molecule has 0 atom stereocenters. The largest absolute Gasteiger partial charge is 0.433 e. The molecule has 0 aromatic heterocycles. The molecule has 0 saturated carbocycles. The van der Waals surface area contributed by atoms with E-state index < -0.39 is 16.6 Å². The first-order valence-corrected chi connectivity index (χ1v) is 7.08. The third-order valence-corrected chi connectivity index (χ3v) is 3.81. The third kappa shape index (κ3) is 4.90. The van der Waals surface area contributed by atoms with E-state index in [9.17, 15) is 17.2 Å². The van der Waals surface area contributed by atoms with Crippen LogP contribution in [-0.2, 0) is 10.0 Å². The van der Waals surface area contributed by atoms with Gasteiger partial charge in [-0.15, -0.1) is 0 Å². The summed E-state index contributed by atoms with van der Waals surface area (Å²) in [5.41, 5.74) is 0. The zero-order valence-corrected chi connectivity index (χ0v) is 11.2. The van der Waals surface area contributed by atoms with Crippen LogP contribution < -0.4 is 9.46 Å². The molecule has 9 heteroatoms. The summed E-state index contributed by atoms with van der Waals surface area (Å²) < 4.78 is 53.8. The predicted molar refractivity (Wildman–Crippen MR) is 65.0 cm³/mol. The summed E-state index contributed by atoms with van der Waals surface area (Å²) in [4.78, 5) is -0.169. The van der Waals surface area contributed by atoms with Crippen LogP contribution in [-0.4, -0.2) is 33.3 Å². The van der Waals surface area contributed by atoms with Crippen LogP contribution in [0.2, 0.25) is 5.02 Å². The smallest absolute Gasteiger partial charge is 0.387 e. The molecule has 0 heterocycles. The lowest BCUT2D eigenvalue weighted by Gasteiger charge is -2.09. The van der Waals surface area contributed by atoms with Gasteiger partial charge in [0.2, 0.25) is 10.0 Å². The van der Waals surface area contributed by atoms with Crippen molar-refractivity contribution in [1.29, 1.82) is 0 Å². The fraction of sp³-hybridized carbons (Fsp3) is 0.400. The molecule has 1 aromatic carbocycles. The van der Waals surface area contributed by atoms with Crippen molar-refractivity contribution < 1.29 is 27.0 Å². The van der Waals surface area contributed by atoms with Crippen molar-refractivity contribution in [3.63, 3.8) is 0 Å². The van der Waals surface area contributed by atoms with Crippen molar-refractivity contribution in [2.24, 2.45) is 0 Å². The summed E-state index contributed by atoms with van der Waals surface area (Å²) >= 11 is 5.65. The molecule has 19 heavy (non-hydrogen) atoms. The second kappa shape index (κ2) is 6.99. The molecule has 0 unspecified atom stereocenters. The molecule has 0 saturated heterocycles. The Morgan fingerprint density at radius 1 is 1.42 bits per heavy atom. The van der Waals surface area contributed by atoms with Gasteiger partial charge < -0.3 is 9.84 Å². The number of hydrogen-bond acceptors (Lipinski definition) is 4. The molecule has 0 radical (unpaired) electrons. The van der Waals surface area contributed by atoms with E-state index in [2.05, 4.69) is 9.46 Å². The number of hydrogen-bond donors (Lipinski definition) is 2. The monoisotopic (exact) mass is 315 g/mol. The van der Waals surface area contributed by atoms with Crippen molar-refractivity contribution in [3.05, 3.63) is 23.2 Å². The van der Waals surface area contributed by atoms with Gasteiger partial charge in [-0.3, -0.25) is 0 Å². The van der Waals surface area contributed by atoms with Crippen molar-refractivity contribution in [2.45, 2.75) is 17.9 Å². The Hall–Kier alpha value is -0.960. The molecule has 1 aromatic rings. The minimum absolute atomic E-state index is 0.0612. The fourth-order valence-electron chi connectivity index (χ4n) is 1.21. The van der Waals surface area contributed by atoms with Gasteiger partial charge in [0, 0.05) is 13.2 Å². The molecule has 5 nitrogen and oxygen atoms in total. The van der Waals surface area contributed by atoms with Crippen LogP contribution in [0.3, 0.4) is 0 Å². The van der Waals surface area contributed by atoms with E-state index in [4.69, 9.17) is 16.7 Å². The minimum Gasteiger partial charge on any atom is -0.433 e. The number of benzene rings is 1. The van der Waals surface area contributed by atoms with Gasteiger partial charge >= 0.3 is 6.61 Å². The Labute approximate surface area is 114 Å². The molecule has 0 aliphatic carbocycles. The number of nitrogens with one attached hydrogen (secondary N) is 1. The maximum atomic E-state index is 12.0. The molecule has 0 bridgehead atoms. The van der Waals surface area contributed by atoms with Gasteiger partial charge in [0.15, 0.2) is 0 Å². The number of halogens is 3. The number of rotatable bonds is 7. The molecule has 0 aliphatic heterocycles. The first kappa shape index (κ1) is 16.1. The Bertz CT molecular complexity index is 524. The van der Waals surface area contributed by atoms with Crippen LogP contribution in [0.25, 0.3) is 0 Å². The summed E-state index contributed by atoms with van der Waals surface area (Å²) in [6.45, 7) is -3.13. The third-order valence-electron chi connectivity index (χ3n) is 2.06. The summed E-state index contributed by atoms with van der Waals surface area (Å²) in [6, 6.07) is 3.17. The Morgan fingerprint density at radius 3 is 2.63 bits per heavy atom. The van der Waals surface area contributed by atoms with E-state index in [1.54, 1.807) is 0 Å². The van der Waals surface area contributed by atoms with Crippen LogP contribution in [0.4, 0.5) is 8.78 Å². The lowest BCUT2D eigenvalue weighted by atomic mass is 10.3. The summed E-state index contributed by atoms with van der Waals surface area (Å²) in [5, 5.41) is 8.32. The summed E-state index contributed by atoms with van der Waals surface area (Å²) in [6.07, 6.45) is 0.263. The number of aliphatic hydroxyl groups excluding tert-OH is 1. The van der Waals surface area contributed by atoms with Crippen molar-refractivity contribution in [2.75, 3.05) is 13.2 Å². The van der Waals surface area contributed by atoms with Gasteiger partial charge in [-0.25, -0.2) is 13.1 Å². The number of sulfonamides is 1. The van der Waals surface area contributed by atoms with Crippen LogP contribution in [0.5, 0.6) is 5.75 Å². The van der Waals surface area contributed by atoms with E-state index >= 15 is 0 Å². The first-order chi connectivity index (χ1) is 8.86. The van der Waals surface area contributed by atoms with E-state index in [1.165, 1.54) is 0 Å². The molecule has 0 amide bonds. The second-order valence-corrected chi connectivity index (χ2v) is 5.62. The van der Waals surface area contributed by atoms with Gasteiger partial charge in [0.05, 0.1) is 9.92 Å². The van der Waals surface area contributed by atoms with Crippen molar-refractivity contribution in [3.8, 4) is 5.75 Å². The summed E-state index contributed by atoms with van der Waals surface area (Å²) in [5.74, 6) is -0.300. The average molecular weight is 316 g/mol. The topological polar surface area (TPSA) is 75.6 Å². The van der Waals surface area contributed by atoms with Crippen LogP contribution in [0.15, 0.2) is 23.1 Å². The van der Waals surface area contributed by atoms with Gasteiger partial charge in [-0.1, -0.05) is 11.6 Å². The van der Waals surface area contributed by atoms with E-state index in [1.807, 2.05) is 0 Å². The van der Waals surface area contributed by atoms with Gasteiger partial charge in [-0.05, 0) is 24.6 Å². The molecular formula is C10H12ClF2NO4S. The highest BCUT2D eigenvalue weighted by Gasteiger charge is 2.16. The maximum absolute atomic E-state index is 12.0. The van der Waals surface area contributed by atoms with Crippen molar-refractivity contribution in [1.82, 2.24) is 4.72 Å². The Kier molecular flexibility index (Phi) is 5.92. The highest BCUT2D eigenvalue weighted by molar-refractivity contribution is 7.89. The molecule has 1 rings (SSSR count).